The molecular weight excluding hydrogens is 304 g/mol. The summed E-state index contributed by atoms with van der Waals surface area (Å²) in [7, 11) is 0. The molecule has 1 aliphatic rings. The molecule has 3 N–H and O–H groups in total. The number of nitrogens with one attached hydrogen (secondary N) is 1. The van der Waals surface area contributed by atoms with Crippen LogP contribution in [0, 0.1) is 6.92 Å². The molecule has 0 spiro atoms. The maximum absolute atomic E-state index is 11.7. The van der Waals surface area contributed by atoms with Gasteiger partial charge in [-0.2, -0.15) is 0 Å². The molecule has 2 heterocycles. The van der Waals surface area contributed by atoms with E-state index in [9.17, 15) is 9.59 Å². The van der Waals surface area contributed by atoms with Gasteiger partial charge in [0.25, 0.3) is 0 Å². The number of aromatic nitrogens is 1. The number of Topliss-reactive ketones (excluding diaryl/α,β-unsaturated/α-hetero) is 1. The number of fused-ring (bicyclic) bond motifs is 3. The highest BCUT2D eigenvalue weighted by Crippen LogP contribution is 2.37. The van der Waals surface area contributed by atoms with Crippen molar-refractivity contribution in [2.24, 2.45) is 5.73 Å². The fraction of sp³-hybridized carbons (Fsp3) is 0.375. The molecule has 118 valence electrons. The van der Waals surface area contributed by atoms with Crippen molar-refractivity contribution in [3.63, 3.8) is 0 Å². The Bertz CT molecular complexity index is 770. The minimum absolute atomic E-state index is 0. The van der Waals surface area contributed by atoms with Crippen LogP contribution in [0.1, 0.15) is 24.0 Å². The third kappa shape index (κ3) is 3.00. The minimum atomic E-state index is -0.129. The second kappa shape index (κ2) is 6.50. The molecule has 0 radical (unpaired) electrons. The molecule has 1 atom stereocenters. The zero-order valence-electron chi connectivity index (χ0n) is 12.3. The molecule has 0 bridgehead atoms. The monoisotopic (exact) mass is 322 g/mol. The van der Waals surface area contributed by atoms with Gasteiger partial charge < -0.3 is 15.5 Å². The molecule has 1 aliphatic heterocycles. The Morgan fingerprint density at radius 1 is 1.45 bits per heavy atom. The first kappa shape index (κ1) is 16.5. The Balaban J connectivity index is 0.00000176. The number of nitrogens with two attached hydrogens (primary N) is 1. The number of rotatable bonds is 4. The van der Waals surface area contributed by atoms with Gasteiger partial charge >= 0.3 is 0 Å². The van der Waals surface area contributed by atoms with Crippen molar-refractivity contribution in [1.29, 1.82) is 0 Å². The number of hydrogen-bond donors (Lipinski definition) is 2. The van der Waals surface area contributed by atoms with Crippen LogP contribution in [0.25, 0.3) is 10.9 Å². The first-order valence-corrected chi connectivity index (χ1v) is 7.12. The van der Waals surface area contributed by atoms with E-state index < -0.39 is 0 Å². The van der Waals surface area contributed by atoms with Crippen molar-refractivity contribution in [3.8, 4) is 5.75 Å². The van der Waals surface area contributed by atoms with Gasteiger partial charge in [-0.15, -0.1) is 12.4 Å². The minimum Gasteiger partial charge on any atom is -0.489 e. The SMILES string of the molecule is Cc1cc2c(c3ccc(=O)[nH]c13)OC(CC(=O)CCN)C2.Cl. The van der Waals surface area contributed by atoms with Crippen LogP contribution >= 0.6 is 12.4 Å². The Hall–Kier alpha value is -1.85. The third-order valence-electron chi connectivity index (χ3n) is 3.85. The second-order valence-electron chi connectivity index (χ2n) is 5.52. The van der Waals surface area contributed by atoms with Gasteiger partial charge in [0.05, 0.1) is 5.52 Å². The predicted molar refractivity (Wildman–Crippen MR) is 88.0 cm³/mol. The fourth-order valence-electron chi connectivity index (χ4n) is 2.92. The molecule has 3 rings (SSSR count). The molecule has 1 aromatic carbocycles. The third-order valence-corrected chi connectivity index (χ3v) is 3.85. The van der Waals surface area contributed by atoms with E-state index in [0.29, 0.717) is 19.4 Å². The molecule has 1 unspecified atom stereocenters. The summed E-state index contributed by atoms with van der Waals surface area (Å²) in [5, 5.41) is 0.901. The highest BCUT2D eigenvalue weighted by atomic mass is 35.5. The first-order valence-electron chi connectivity index (χ1n) is 7.12. The van der Waals surface area contributed by atoms with E-state index in [2.05, 4.69) is 4.98 Å². The van der Waals surface area contributed by atoms with Crippen LogP contribution < -0.4 is 16.0 Å². The molecule has 22 heavy (non-hydrogen) atoms. The van der Waals surface area contributed by atoms with Crippen molar-refractivity contribution in [2.75, 3.05) is 6.54 Å². The molecule has 6 heteroatoms. The number of ether oxygens (including phenoxy) is 1. The number of hydrogen-bond acceptors (Lipinski definition) is 4. The zero-order chi connectivity index (χ0) is 15.0. The summed E-state index contributed by atoms with van der Waals surface area (Å²) in [6, 6.07) is 5.31. The Morgan fingerprint density at radius 3 is 2.95 bits per heavy atom. The summed E-state index contributed by atoms with van der Waals surface area (Å²) in [4.78, 5) is 26.0. The van der Waals surface area contributed by atoms with Gasteiger partial charge in [0.15, 0.2) is 0 Å². The second-order valence-corrected chi connectivity index (χ2v) is 5.52. The maximum atomic E-state index is 11.7. The predicted octanol–water partition coefficient (Wildman–Crippen LogP) is 1.87. The summed E-state index contributed by atoms with van der Waals surface area (Å²) in [5.41, 5.74) is 8.18. The molecule has 5 nitrogen and oxygen atoms in total. The maximum Gasteiger partial charge on any atom is 0.248 e. The van der Waals surface area contributed by atoms with E-state index in [1.54, 1.807) is 6.07 Å². The average molecular weight is 323 g/mol. The zero-order valence-corrected chi connectivity index (χ0v) is 13.2. The van der Waals surface area contributed by atoms with Crippen LogP contribution in [0.3, 0.4) is 0 Å². The average Bonchev–Trinajstić information content (AvgIpc) is 2.81. The first-order chi connectivity index (χ1) is 10.1. The number of carbonyl (C=O) groups excluding carboxylic acids is 1. The van der Waals surface area contributed by atoms with E-state index in [1.165, 1.54) is 6.07 Å². The number of aromatic amines is 1. The van der Waals surface area contributed by atoms with E-state index >= 15 is 0 Å². The van der Waals surface area contributed by atoms with Crippen molar-refractivity contribution < 1.29 is 9.53 Å². The normalized spacial score (nSPS) is 16.0. The number of H-pyrrole nitrogens is 1. The molecule has 2 aromatic rings. The highest BCUT2D eigenvalue weighted by molar-refractivity contribution is 5.89. The summed E-state index contributed by atoms with van der Waals surface area (Å²) in [6.07, 6.45) is 1.37. The van der Waals surface area contributed by atoms with Gasteiger partial charge in [0.1, 0.15) is 17.6 Å². The number of halogens is 1. The van der Waals surface area contributed by atoms with Gasteiger partial charge in [-0.25, -0.2) is 0 Å². The van der Waals surface area contributed by atoms with Crippen LogP contribution in [-0.2, 0) is 11.2 Å². The molecule has 0 fully saturated rings. The fourth-order valence-corrected chi connectivity index (χ4v) is 2.92. The topological polar surface area (TPSA) is 85.2 Å². The molecule has 0 saturated carbocycles. The number of ketones is 1. The lowest BCUT2D eigenvalue weighted by Gasteiger charge is -2.11. The standard InChI is InChI=1S/C16H18N2O3.ClH/c1-9-6-10-7-12(8-11(19)4-5-17)21-16(10)13-2-3-14(20)18-15(9)13;/h2-3,6,12H,4-5,7-8,17H2,1H3,(H,18,20);1H. The number of aryl methyl sites for hydroxylation is 1. The van der Waals surface area contributed by atoms with Crippen LogP contribution in [-0.4, -0.2) is 23.4 Å². The molecular formula is C16H19ClN2O3. The molecule has 0 amide bonds. The number of benzene rings is 1. The quantitative estimate of drug-likeness (QED) is 0.900. The molecule has 1 aromatic heterocycles. The van der Waals surface area contributed by atoms with Crippen molar-refractivity contribution in [3.05, 3.63) is 39.7 Å². The number of carbonyl (C=O) groups is 1. The smallest absolute Gasteiger partial charge is 0.248 e. The van der Waals surface area contributed by atoms with Crippen LogP contribution in [0.5, 0.6) is 5.75 Å². The molecule has 0 aliphatic carbocycles. The van der Waals surface area contributed by atoms with Crippen molar-refractivity contribution in [2.45, 2.75) is 32.3 Å². The van der Waals surface area contributed by atoms with Crippen LogP contribution in [0.2, 0.25) is 0 Å². The highest BCUT2D eigenvalue weighted by Gasteiger charge is 2.27. The van der Waals surface area contributed by atoms with Crippen LogP contribution in [0.4, 0.5) is 0 Å². The van der Waals surface area contributed by atoms with Gasteiger partial charge in [-0.05, 0) is 30.7 Å². The lowest BCUT2D eigenvalue weighted by molar-refractivity contribution is -0.120. The van der Waals surface area contributed by atoms with Gasteiger partial charge in [-0.1, -0.05) is 6.07 Å². The van der Waals surface area contributed by atoms with Gasteiger partial charge in [0.2, 0.25) is 5.56 Å². The van der Waals surface area contributed by atoms with E-state index in [-0.39, 0.29) is 29.9 Å². The van der Waals surface area contributed by atoms with Crippen LogP contribution in [0.15, 0.2) is 23.0 Å². The summed E-state index contributed by atoms with van der Waals surface area (Å²) in [6.45, 7) is 2.34. The van der Waals surface area contributed by atoms with Crippen molar-refractivity contribution >= 4 is 29.1 Å². The van der Waals surface area contributed by atoms with Gasteiger partial charge in [-0.3, -0.25) is 9.59 Å². The Morgan fingerprint density at radius 2 is 2.23 bits per heavy atom. The number of pyridine rings is 1. The largest absolute Gasteiger partial charge is 0.489 e. The lowest BCUT2D eigenvalue weighted by atomic mass is 10.0. The van der Waals surface area contributed by atoms with E-state index in [0.717, 1.165) is 34.2 Å². The van der Waals surface area contributed by atoms with Crippen molar-refractivity contribution in [1.82, 2.24) is 4.98 Å². The van der Waals surface area contributed by atoms with E-state index in [1.807, 2.05) is 13.0 Å². The summed E-state index contributed by atoms with van der Waals surface area (Å²) >= 11 is 0. The van der Waals surface area contributed by atoms with Gasteiger partial charge in [0, 0.05) is 30.7 Å². The summed E-state index contributed by atoms with van der Waals surface area (Å²) in [5.74, 6) is 0.919. The van der Waals surface area contributed by atoms with E-state index in [4.69, 9.17) is 10.5 Å². The summed E-state index contributed by atoms with van der Waals surface area (Å²) < 4.78 is 5.95. The Kier molecular flexibility index (Phi) is 4.88. The lowest BCUT2D eigenvalue weighted by Crippen LogP contribution is -2.20. The Labute approximate surface area is 134 Å². The molecule has 0 saturated heterocycles.